The number of amides is 1. The van der Waals surface area contributed by atoms with Gasteiger partial charge in [-0.25, -0.2) is 0 Å². The van der Waals surface area contributed by atoms with Crippen molar-refractivity contribution in [1.82, 2.24) is 4.90 Å². The summed E-state index contributed by atoms with van der Waals surface area (Å²) in [5.74, 6) is 0.901. The van der Waals surface area contributed by atoms with Crippen molar-refractivity contribution in [2.24, 2.45) is 5.92 Å². The van der Waals surface area contributed by atoms with Gasteiger partial charge in [-0.15, -0.1) is 0 Å². The van der Waals surface area contributed by atoms with Crippen molar-refractivity contribution in [2.45, 2.75) is 47.0 Å². The van der Waals surface area contributed by atoms with Gasteiger partial charge in [0, 0.05) is 20.0 Å². The smallest absolute Gasteiger partial charge is 0.219 e. The summed E-state index contributed by atoms with van der Waals surface area (Å²) in [5.41, 5.74) is 0. The lowest BCUT2D eigenvalue weighted by atomic mass is 10.1. The van der Waals surface area contributed by atoms with Crippen molar-refractivity contribution in [3.63, 3.8) is 0 Å². The van der Waals surface area contributed by atoms with E-state index in [0.29, 0.717) is 5.92 Å². The molecule has 0 bridgehead atoms. The zero-order valence-corrected chi connectivity index (χ0v) is 9.47. The first-order valence-corrected chi connectivity index (χ1v) is 5.33. The maximum atomic E-state index is 11.2. The number of unbranched alkanes of at least 4 members (excludes halogenated alkanes) is 1. The highest BCUT2D eigenvalue weighted by atomic mass is 16.2. The highest BCUT2D eigenvalue weighted by Gasteiger charge is 2.07. The third-order valence-electron chi connectivity index (χ3n) is 2.20. The number of carbonyl (C=O) groups excluding carboxylic acids is 1. The molecule has 0 saturated carbocycles. The van der Waals surface area contributed by atoms with E-state index in [1.807, 2.05) is 4.90 Å². The van der Waals surface area contributed by atoms with Crippen molar-refractivity contribution in [2.75, 3.05) is 13.1 Å². The van der Waals surface area contributed by atoms with Gasteiger partial charge in [-0.2, -0.15) is 0 Å². The largest absolute Gasteiger partial charge is 0.343 e. The van der Waals surface area contributed by atoms with E-state index in [1.165, 1.54) is 0 Å². The molecule has 0 radical (unpaired) electrons. The summed E-state index contributed by atoms with van der Waals surface area (Å²) >= 11 is 0. The average molecular weight is 185 g/mol. The van der Waals surface area contributed by atoms with Crippen molar-refractivity contribution < 1.29 is 4.79 Å². The lowest BCUT2D eigenvalue weighted by Crippen LogP contribution is -2.31. The maximum Gasteiger partial charge on any atom is 0.219 e. The first-order chi connectivity index (χ1) is 6.07. The Morgan fingerprint density at radius 2 is 1.92 bits per heavy atom. The van der Waals surface area contributed by atoms with Crippen LogP contribution in [-0.2, 0) is 4.79 Å². The zero-order valence-electron chi connectivity index (χ0n) is 9.47. The predicted octanol–water partition coefficient (Wildman–Crippen LogP) is 2.68. The molecular formula is C11H23NO. The Balaban J connectivity index is 3.74. The molecule has 0 rings (SSSR count). The quantitative estimate of drug-likeness (QED) is 0.623. The number of nitrogens with zero attached hydrogens (tertiary/aromatic N) is 1. The van der Waals surface area contributed by atoms with E-state index < -0.39 is 0 Å². The number of carbonyl (C=O) groups is 1. The molecule has 0 N–H and O–H groups in total. The SMILES string of the molecule is CCCCN(CCC(C)C)C(C)=O. The Hall–Kier alpha value is -0.530. The van der Waals surface area contributed by atoms with Gasteiger partial charge < -0.3 is 4.90 Å². The van der Waals surface area contributed by atoms with Gasteiger partial charge in [0.15, 0.2) is 0 Å². The molecule has 2 nitrogen and oxygen atoms in total. The van der Waals surface area contributed by atoms with Crippen LogP contribution in [0.5, 0.6) is 0 Å². The number of rotatable bonds is 6. The molecule has 0 aliphatic heterocycles. The predicted molar refractivity (Wildman–Crippen MR) is 56.6 cm³/mol. The van der Waals surface area contributed by atoms with E-state index in [0.717, 1.165) is 32.4 Å². The Labute approximate surface area is 82.3 Å². The number of hydrogen-bond donors (Lipinski definition) is 0. The fourth-order valence-corrected chi connectivity index (χ4v) is 1.19. The summed E-state index contributed by atoms with van der Waals surface area (Å²) in [6.45, 7) is 10.1. The van der Waals surface area contributed by atoms with Gasteiger partial charge in [0.2, 0.25) is 5.91 Å². The Morgan fingerprint density at radius 3 is 2.31 bits per heavy atom. The first-order valence-electron chi connectivity index (χ1n) is 5.33. The van der Waals surface area contributed by atoms with Crippen LogP contribution in [0.15, 0.2) is 0 Å². The second kappa shape index (κ2) is 6.93. The minimum atomic E-state index is 0.217. The molecule has 0 spiro atoms. The Kier molecular flexibility index (Phi) is 6.65. The van der Waals surface area contributed by atoms with Crippen molar-refractivity contribution in [1.29, 1.82) is 0 Å². The molecule has 0 unspecified atom stereocenters. The van der Waals surface area contributed by atoms with E-state index in [1.54, 1.807) is 6.92 Å². The first kappa shape index (κ1) is 12.5. The number of hydrogen-bond acceptors (Lipinski definition) is 1. The van der Waals surface area contributed by atoms with E-state index >= 15 is 0 Å². The van der Waals surface area contributed by atoms with Crippen LogP contribution in [0.1, 0.15) is 47.0 Å². The molecule has 0 aromatic rings. The molecule has 0 atom stereocenters. The van der Waals surface area contributed by atoms with Gasteiger partial charge >= 0.3 is 0 Å². The van der Waals surface area contributed by atoms with Gasteiger partial charge in [-0.1, -0.05) is 27.2 Å². The second-order valence-corrected chi connectivity index (χ2v) is 4.04. The monoisotopic (exact) mass is 185 g/mol. The highest BCUT2D eigenvalue weighted by molar-refractivity contribution is 5.73. The van der Waals surface area contributed by atoms with Crippen LogP contribution in [-0.4, -0.2) is 23.9 Å². The Bertz CT molecular complexity index is 143. The fourth-order valence-electron chi connectivity index (χ4n) is 1.19. The van der Waals surface area contributed by atoms with E-state index in [-0.39, 0.29) is 5.91 Å². The van der Waals surface area contributed by atoms with E-state index in [9.17, 15) is 4.79 Å². The summed E-state index contributed by atoms with van der Waals surface area (Å²) in [6, 6.07) is 0. The summed E-state index contributed by atoms with van der Waals surface area (Å²) in [7, 11) is 0. The lowest BCUT2D eigenvalue weighted by molar-refractivity contribution is -0.129. The van der Waals surface area contributed by atoms with Crippen LogP contribution in [0.3, 0.4) is 0 Å². The molecule has 13 heavy (non-hydrogen) atoms. The molecular weight excluding hydrogens is 162 g/mol. The van der Waals surface area contributed by atoms with Crippen molar-refractivity contribution >= 4 is 5.91 Å². The van der Waals surface area contributed by atoms with Gasteiger partial charge in [0.05, 0.1) is 0 Å². The summed E-state index contributed by atoms with van der Waals surface area (Å²) in [5, 5.41) is 0. The zero-order chi connectivity index (χ0) is 10.3. The van der Waals surface area contributed by atoms with E-state index in [2.05, 4.69) is 20.8 Å². The Morgan fingerprint density at radius 1 is 1.31 bits per heavy atom. The third-order valence-corrected chi connectivity index (χ3v) is 2.20. The molecule has 0 heterocycles. The molecule has 0 aliphatic rings. The normalized spacial score (nSPS) is 10.5. The molecule has 2 heteroatoms. The maximum absolute atomic E-state index is 11.2. The van der Waals surface area contributed by atoms with Gasteiger partial charge in [-0.3, -0.25) is 4.79 Å². The topological polar surface area (TPSA) is 20.3 Å². The summed E-state index contributed by atoms with van der Waals surface area (Å²) < 4.78 is 0. The van der Waals surface area contributed by atoms with Crippen molar-refractivity contribution in [3.8, 4) is 0 Å². The lowest BCUT2D eigenvalue weighted by Gasteiger charge is -2.21. The molecule has 0 aromatic heterocycles. The fraction of sp³-hybridized carbons (Fsp3) is 0.909. The summed E-state index contributed by atoms with van der Waals surface area (Å²) in [6.07, 6.45) is 3.40. The van der Waals surface area contributed by atoms with Crippen LogP contribution in [0.25, 0.3) is 0 Å². The summed E-state index contributed by atoms with van der Waals surface area (Å²) in [4.78, 5) is 13.2. The van der Waals surface area contributed by atoms with Crippen LogP contribution >= 0.6 is 0 Å². The standard InChI is InChI=1S/C11H23NO/c1-5-6-8-12(11(4)13)9-7-10(2)3/h10H,5-9H2,1-4H3. The van der Waals surface area contributed by atoms with Crippen LogP contribution < -0.4 is 0 Å². The van der Waals surface area contributed by atoms with E-state index in [4.69, 9.17) is 0 Å². The minimum absolute atomic E-state index is 0.217. The average Bonchev–Trinajstić information content (AvgIpc) is 2.03. The van der Waals surface area contributed by atoms with Gasteiger partial charge in [0.1, 0.15) is 0 Å². The molecule has 0 fully saturated rings. The van der Waals surface area contributed by atoms with Crippen LogP contribution in [0.2, 0.25) is 0 Å². The van der Waals surface area contributed by atoms with Crippen LogP contribution in [0, 0.1) is 5.92 Å². The minimum Gasteiger partial charge on any atom is -0.343 e. The third kappa shape index (κ3) is 6.62. The molecule has 78 valence electrons. The molecule has 1 amide bonds. The van der Waals surface area contributed by atoms with Crippen LogP contribution in [0.4, 0.5) is 0 Å². The highest BCUT2D eigenvalue weighted by Crippen LogP contribution is 2.03. The molecule has 0 aromatic carbocycles. The second-order valence-electron chi connectivity index (χ2n) is 4.04. The van der Waals surface area contributed by atoms with Crippen molar-refractivity contribution in [3.05, 3.63) is 0 Å². The van der Waals surface area contributed by atoms with Gasteiger partial charge in [-0.05, 0) is 18.8 Å². The molecule has 0 aliphatic carbocycles. The van der Waals surface area contributed by atoms with Gasteiger partial charge in [0.25, 0.3) is 0 Å². The molecule has 0 saturated heterocycles.